The van der Waals surface area contributed by atoms with Crippen LogP contribution in [0.2, 0.25) is 0 Å². The number of nitrogens with one attached hydrogen (secondary N) is 1. The van der Waals surface area contributed by atoms with Crippen molar-refractivity contribution in [1.29, 1.82) is 0 Å². The molecule has 138 valence electrons. The molecule has 2 aliphatic heterocycles. The molecular formula is C18H28N4O2S. The van der Waals surface area contributed by atoms with Crippen molar-refractivity contribution in [1.82, 2.24) is 20.1 Å². The molecule has 3 heterocycles. The Hall–Kier alpha value is -1.63. The van der Waals surface area contributed by atoms with E-state index in [-0.39, 0.29) is 18.0 Å². The first-order chi connectivity index (χ1) is 12.1. The maximum absolute atomic E-state index is 12.6. The Kier molecular flexibility index (Phi) is 6.29. The number of amides is 3. The predicted molar refractivity (Wildman–Crippen MR) is 98.7 cm³/mol. The quantitative estimate of drug-likeness (QED) is 0.844. The van der Waals surface area contributed by atoms with Gasteiger partial charge >= 0.3 is 6.03 Å². The maximum Gasteiger partial charge on any atom is 0.317 e. The van der Waals surface area contributed by atoms with Crippen LogP contribution in [0.5, 0.6) is 0 Å². The molecule has 2 saturated heterocycles. The average molecular weight is 365 g/mol. The lowest BCUT2D eigenvalue weighted by Gasteiger charge is -2.36. The summed E-state index contributed by atoms with van der Waals surface area (Å²) in [6, 6.07) is 0.287. The number of hydrogen-bond acceptors (Lipinski definition) is 4. The first-order valence-electron chi connectivity index (χ1n) is 9.37. The minimum atomic E-state index is 0.0331. The zero-order valence-corrected chi connectivity index (χ0v) is 15.8. The maximum atomic E-state index is 12.6. The number of thiazole rings is 1. The monoisotopic (exact) mass is 364 g/mol. The molecule has 1 atom stereocenters. The van der Waals surface area contributed by atoms with E-state index < -0.39 is 0 Å². The fourth-order valence-electron chi connectivity index (χ4n) is 3.71. The molecule has 0 aliphatic carbocycles. The van der Waals surface area contributed by atoms with Crippen LogP contribution in [0.4, 0.5) is 4.79 Å². The van der Waals surface area contributed by atoms with Gasteiger partial charge in [0, 0.05) is 56.1 Å². The minimum absolute atomic E-state index is 0.0331. The molecule has 2 aliphatic rings. The van der Waals surface area contributed by atoms with E-state index in [9.17, 15) is 9.59 Å². The number of likely N-dealkylation sites (tertiary alicyclic amines) is 2. The molecule has 3 amide bonds. The van der Waals surface area contributed by atoms with Gasteiger partial charge in [-0.1, -0.05) is 0 Å². The van der Waals surface area contributed by atoms with Crippen molar-refractivity contribution < 1.29 is 9.59 Å². The minimum Gasteiger partial charge on any atom is -0.343 e. The summed E-state index contributed by atoms with van der Waals surface area (Å²) < 4.78 is 0. The summed E-state index contributed by atoms with van der Waals surface area (Å²) in [4.78, 5) is 32.7. The lowest BCUT2D eigenvalue weighted by Crippen LogP contribution is -2.50. The fraction of sp³-hybridized carbons (Fsp3) is 0.722. The zero-order valence-electron chi connectivity index (χ0n) is 15.0. The number of rotatable bonds is 6. The molecule has 0 spiro atoms. The molecule has 6 nitrogen and oxygen atoms in total. The number of nitrogens with zero attached hydrogens (tertiary/aromatic N) is 3. The van der Waals surface area contributed by atoms with Crippen LogP contribution in [0.25, 0.3) is 0 Å². The highest BCUT2D eigenvalue weighted by atomic mass is 32.1. The van der Waals surface area contributed by atoms with Gasteiger partial charge in [-0.25, -0.2) is 9.78 Å². The summed E-state index contributed by atoms with van der Waals surface area (Å²) in [7, 11) is 0. The van der Waals surface area contributed by atoms with E-state index in [1.165, 1.54) is 6.42 Å². The third kappa shape index (κ3) is 4.93. The van der Waals surface area contributed by atoms with Crippen LogP contribution in [0.15, 0.2) is 5.38 Å². The second-order valence-corrected chi connectivity index (χ2v) is 7.92. The molecule has 0 saturated carbocycles. The Morgan fingerprint density at radius 3 is 2.96 bits per heavy atom. The normalized spacial score (nSPS) is 21.0. The van der Waals surface area contributed by atoms with Crippen LogP contribution < -0.4 is 5.32 Å². The zero-order chi connectivity index (χ0) is 17.6. The summed E-state index contributed by atoms with van der Waals surface area (Å²) in [5.74, 6) is 0.269. The largest absolute Gasteiger partial charge is 0.343 e. The van der Waals surface area contributed by atoms with E-state index in [1.807, 2.05) is 22.1 Å². The molecule has 7 heteroatoms. The predicted octanol–water partition coefficient (Wildman–Crippen LogP) is 2.57. The van der Waals surface area contributed by atoms with Gasteiger partial charge < -0.3 is 15.1 Å². The Morgan fingerprint density at radius 2 is 2.24 bits per heavy atom. The van der Waals surface area contributed by atoms with Crippen molar-refractivity contribution in [3.05, 3.63) is 16.1 Å². The number of aromatic nitrogens is 1. The fourth-order valence-corrected chi connectivity index (χ4v) is 4.48. The third-order valence-corrected chi connectivity index (χ3v) is 6.10. The summed E-state index contributed by atoms with van der Waals surface area (Å²) >= 11 is 1.65. The second kappa shape index (κ2) is 8.65. The van der Waals surface area contributed by atoms with Gasteiger partial charge in [0.1, 0.15) is 0 Å². The average Bonchev–Trinajstić information content (AvgIpc) is 3.21. The van der Waals surface area contributed by atoms with E-state index >= 15 is 0 Å². The third-order valence-electron chi connectivity index (χ3n) is 5.07. The lowest BCUT2D eigenvalue weighted by atomic mass is 9.99. The van der Waals surface area contributed by atoms with Crippen LogP contribution in [-0.4, -0.2) is 58.9 Å². The van der Waals surface area contributed by atoms with Crippen molar-refractivity contribution in [3.8, 4) is 0 Å². The van der Waals surface area contributed by atoms with Crippen molar-refractivity contribution in [3.63, 3.8) is 0 Å². The number of hydrogen-bond donors (Lipinski definition) is 1. The molecule has 3 rings (SSSR count). The van der Waals surface area contributed by atoms with Gasteiger partial charge in [-0.2, -0.15) is 0 Å². The number of aryl methyl sites for hydroxylation is 1. The summed E-state index contributed by atoms with van der Waals surface area (Å²) in [5, 5.41) is 6.16. The van der Waals surface area contributed by atoms with Crippen molar-refractivity contribution in [2.24, 2.45) is 0 Å². The van der Waals surface area contributed by atoms with Gasteiger partial charge in [-0.3, -0.25) is 4.79 Å². The van der Waals surface area contributed by atoms with Crippen molar-refractivity contribution >= 4 is 23.3 Å². The SMILES string of the molecule is Cc1csc(CCNC(=O)N2CCCCC2CCN2CCCC2=O)n1. The number of piperidine rings is 1. The van der Waals surface area contributed by atoms with Crippen LogP contribution in [0.3, 0.4) is 0 Å². The highest BCUT2D eigenvalue weighted by Gasteiger charge is 2.28. The molecular weight excluding hydrogens is 336 g/mol. The summed E-state index contributed by atoms with van der Waals surface area (Å²) in [6.07, 6.45) is 6.62. The molecule has 1 N–H and O–H groups in total. The van der Waals surface area contributed by atoms with Crippen LogP contribution >= 0.6 is 11.3 Å². The Morgan fingerprint density at radius 1 is 1.36 bits per heavy atom. The summed E-state index contributed by atoms with van der Waals surface area (Å²) in [6.45, 7) is 5.10. The molecule has 1 unspecified atom stereocenters. The van der Waals surface area contributed by atoms with Crippen LogP contribution in [-0.2, 0) is 11.2 Å². The van der Waals surface area contributed by atoms with E-state index in [0.717, 1.165) is 62.4 Å². The number of carbonyl (C=O) groups excluding carboxylic acids is 2. The molecule has 25 heavy (non-hydrogen) atoms. The van der Waals surface area contributed by atoms with Gasteiger partial charge in [0.15, 0.2) is 0 Å². The number of carbonyl (C=O) groups is 2. The highest BCUT2D eigenvalue weighted by molar-refractivity contribution is 7.09. The van der Waals surface area contributed by atoms with Crippen molar-refractivity contribution in [2.45, 2.75) is 57.9 Å². The molecule has 1 aromatic rings. The van der Waals surface area contributed by atoms with Crippen molar-refractivity contribution in [2.75, 3.05) is 26.2 Å². The smallest absolute Gasteiger partial charge is 0.317 e. The first-order valence-corrected chi connectivity index (χ1v) is 10.2. The summed E-state index contributed by atoms with van der Waals surface area (Å²) in [5.41, 5.74) is 1.04. The van der Waals surface area contributed by atoms with E-state index in [4.69, 9.17) is 0 Å². The van der Waals surface area contributed by atoms with Crippen LogP contribution in [0.1, 0.15) is 49.2 Å². The first kappa shape index (κ1) is 18.2. The van der Waals surface area contributed by atoms with Crippen LogP contribution in [0, 0.1) is 6.92 Å². The van der Waals surface area contributed by atoms with Gasteiger partial charge in [-0.05, 0) is 39.0 Å². The Labute approximate surface area is 153 Å². The highest BCUT2D eigenvalue weighted by Crippen LogP contribution is 2.21. The number of urea groups is 1. The molecule has 1 aromatic heterocycles. The standard InChI is InChI=1S/C18H28N4O2S/c1-14-13-25-16(20-14)7-9-19-18(24)22-11-3-2-5-15(22)8-12-21-10-4-6-17(21)23/h13,15H,2-12H2,1H3,(H,19,24). The topological polar surface area (TPSA) is 65.5 Å². The lowest BCUT2D eigenvalue weighted by molar-refractivity contribution is -0.127. The molecule has 2 fully saturated rings. The second-order valence-electron chi connectivity index (χ2n) is 6.98. The Balaban J connectivity index is 1.45. The van der Waals surface area contributed by atoms with E-state index in [1.54, 1.807) is 11.3 Å². The Bertz CT molecular complexity index is 604. The van der Waals surface area contributed by atoms with Gasteiger partial charge in [0.05, 0.1) is 5.01 Å². The molecule has 0 radical (unpaired) electrons. The molecule has 0 bridgehead atoms. The van der Waals surface area contributed by atoms with E-state index in [0.29, 0.717) is 13.0 Å². The van der Waals surface area contributed by atoms with Gasteiger partial charge in [0.25, 0.3) is 0 Å². The van der Waals surface area contributed by atoms with Gasteiger partial charge in [0.2, 0.25) is 5.91 Å². The molecule has 0 aromatic carbocycles. The van der Waals surface area contributed by atoms with Gasteiger partial charge in [-0.15, -0.1) is 11.3 Å². The van der Waals surface area contributed by atoms with E-state index in [2.05, 4.69) is 10.3 Å².